The van der Waals surface area contributed by atoms with E-state index in [4.69, 9.17) is 5.26 Å². The fourth-order valence-electron chi connectivity index (χ4n) is 2.17. The maximum absolute atomic E-state index is 12.1. The van der Waals surface area contributed by atoms with E-state index >= 15 is 0 Å². The molecule has 2 aromatic rings. The van der Waals surface area contributed by atoms with Crippen LogP contribution in [0.3, 0.4) is 0 Å². The Hall–Kier alpha value is -2.98. The van der Waals surface area contributed by atoms with E-state index in [-0.39, 0.29) is 11.5 Å². The molecule has 0 aliphatic heterocycles. The molecular weight excluding hydrogens is 340 g/mol. The molecule has 2 rings (SSSR count). The fraction of sp³-hybridized carbons (Fsp3) is 0.167. The summed E-state index contributed by atoms with van der Waals surface area (Å²) in [5.74, 6) is -1.68. The Morgan fingerprint density at radius 1 is 1.04 bits per heavy atom. The Kier molecular flexibility index (Phi) is 5.67. The molecule has 0 fully saturated rings. The molecular formula is C18H16N2O4S. The van der Waals surface area contributed by atoms with Crippen molar-refractivity contribution >= 4 is 27.2 Å². The SMILES string of the molecule is CC(=O)c1ccc(NC(=O)CS(=O)(=O)Cc2ccc(C#N)cc2)cc1. The monoisotopic (exact) mass is 356 g/mol. The molecule has 0 aliphatic carbocycles. The summed E-state index contributed by atoms with van der Waals surface area (Å²) in [6.45, 7) is 1.43. The summed E-state index contributed by atoms with van der Waals surface area (Å²) >= 11 is 0. The lowest BCUT2D eigenvalue weighted by Gasteiger charge is -2.07. The average Bonchev–Trinajstić information content (AvgIpc) is 2.55. The number of ketones is 1. The van der Waals surface area contributed by atoms with Crippen molar-refractivity contribution in [1.29, 1.82) is 5.26 Å². The summed E-state index contributed by atoms with van der Waals surface area (Å²) in [6, 6.07) is 14.3. The van der Waals surface area contributed by atoms with Crippen LogP contribution in [0.2, 0.25) is 0 Å². The van der Waals surface area contributed by atoms with Crippen molar-refractivity contribution < 1.29 is 18.0 Å². The number of hydrogen-bond donors (Lipinski definition) is 1. The summed E-state index contributed by atoms with van der Waals surface area (Å²) < 4.78 is 24.3. The van der Waals surface area contributed by atoms with Gasteiger partial charge < -0.3 is 5.32 Å². The smallest absolute Gasteiger partial charge is 0.239 e. The van der Waals surface area contributed by atoms with Crippen LogP contribution in [-0.4, -0.2) is 25.9 Å². The molecule has 0 aromatic heterocycles. The number of anilines is 1. The minimum atomic E-state index is -3.64. The summed E-state index contributed by atoms with van der Waals surface area (Å²) in [7, 11) is -3.64. The number of nitriles is 1. The minimum absolute atomic E-state index is 0.0946. The highest BCUT2D eigenvalue weighted by atomic mass is 32.2. The van der Waals surface area contributed by atoms with Gasteiger partial charge in [-0.25, -0.2) is 8.42 Å². The molecule has 7 heteroatoms. The van der Waals surface area contributed by atoms with Crippen LogP contribution in [-0.2, 0) is 20.4 Å². The molecule has 0 saturated carbocycles. The Balaban J connectivity index is 1.98. The maximum Gasteiger partial charge on any atom is 0.239 e. The second-order valence-electron chi connectivity index (χ2n) is 5.52. The number of benzene rings is 2. The summed E-state index contributed by atoms with van der Waals surface area (Å²) in [5.41, 5.74) is 1.88. The van der Waals surface area contributed by atoms with Crippen molar-refractivity contribution in [2.75, 3.05) is 11.1 Å². The van der Waals surface area contributed by atoms with E-state index in [2.05, 4.69) is 5.32 Å². The van der Waals surface area contributed by atoms with Crippen LogP contribution in [0.25, 0.3) is 0 Å². The van der Waals surface area contributed by atoms with E-state index < -0.39 is 21.5 Å². The van der Waals surface area contributed by atoms with Gasteiger partial charge in [-0.1, -0.05) is 12.1 Å². The van der Waals surface area contributed by atoms with E-state index in [1.54, 1.807) is 36.4 Å². The van der Waals surface area contributed by atoms with Crippen LogP contribution < -0.4 is 5.32 Å². The standard InChI is InChI=1S/C18H16N2O4S/c1-13(21)16-6-8-17(9-7-16)20-18(22)12-25(23,24)11-15-4-2-14(10-19)3-5-15/h2-9H,11-12H2,1H3,(H,20,22). The number of carbonyl (C=O) groups is 2. The molecule has 1 N–H and O–H groups in total. The fourth-order valence-corrected chi connectivity index (χ4v) is 3.44. The Bertz CT molecular complexity index is 925. The quantitative estimate of drug-likeness (QED) is 0.800. The summed E-state index contributed by atoms with van der Waals surface area (Å²) in [5, 5.41) is 11.2. The zero-order valence-electron chi connectivity index (χ0n) is 13.5. The van der Waals surface area contributed by atoms with Gasteiger partial charge in [0.15, 0.2) is 15.6 Å². The van der Waals surface area contributed by atoms with Gasteiger partial charge in [0.25, 0.3) is 0 Å². The lowest BCUT2D eigenvalue weighted by molar-refractivity contribution is -0.113. The number of nitrogens with one attached hydrogen (secondary N) is 1. The first-order chi connectivity index (χ1) is 11.8. The lowest BCUT2D eigenvalue weighted by atomic mass is 10.1. The first-order valence-electron chi connectivity index (χ1n) is 7.39. The Morgan fingerprint density at radius 2 is 1.64 bits per heavy atom. The van der Waals surface area contributed by atoms with E-state index in [1.807, 2.05) is 6.07 Å². The van der Waals surface area contributed by atoms with Gasteiger partial charge in [0.05, 0.1) is 17.4 Å². The van der Waals surface area contributed by atoms with Crippen LogP contribution in [0.1, 0.15) is 28.4 Å². The molecule has 0 unspecified atom stereocenters. The third kappa shape index (κ3) is 5.55. The van der Waals surface area contributed by atoms with Gasteiger partial charge >= 0.3 is 0 Å². The van der Waals surface area contributed by atoms with Gasteiger partial charge in [-0.15, -0.1) is 0 Å². The number of hydrogen-bond acceptors (Lipinski definition) is 5. The third-order valence-electron chi connectivity index (χ3n) is 3.40. The van der Waals surface area contributed by atoms with E-state index in [0.717, 1.165) is 0 Å². The predicted octanol–water partition coefficient (Wildman–Crippen LogP) is 2.31. The van der Waals surface area contributed by atoms with Gasteiger partial charge in [-0.05, 0) is 48.9 Å². The molecule has 0 spiro atoms. The van der Waals surface area contributed by atoms with Crippen molar-refractivity contribution in [2.24, 2.45) is 0 Å². The zero-order chi connectivity index (χ0) is 18.4. The van der Waals surface area contributed by atoms with Gasteiger partial charge in [-0.2, -0.15) is 5.26 Å². The van der Waals surface area contributed by atoms with Gasteiger partial charge in [0, 0.05) is 11.3 Å². The maximum atomic E-state index is 12.1. The average molecular weight is 356 g/mol. The Labute approximate surface area is 146 Å². The number of amides is 1. The highest BCUT2D eigenvalue weighted by molar-refractivity contribution is 7.91. The molecule has 0 aliphatic rings. The molecule has 0 bridgehead atoms. The minimum Gasteiger partial charge on any atom is -0.325 e. The van der Waals surface area contributed by atoms with Crippen molar-refractivity contribution in [3.63, 3.8) is 0 Å². The first-order valence-corrected chi connectivity index (χ1v) is 9.21. The number of sulfone groups is 1. The van der Waals surface area contributed by atoms with Crippen LogP contribution in [0.4, 0.5) is 5.69 Å². The Morgan fingerprint density at radius 3 is 2.16 bits per heavy atom. The van der Waals surface area contributed by atoms with Crippen molar-refractivity contribution in [2.45, 2.75) is 12.7 Å². The largest absolute Gasteiger partial charge is 0.325 e. The van der Waals surface area contributed by atoms with Gasteiger partial charge in [-0.3, -0.25) is 9.59 Å². The van der Waals surface area contributed by atoms with E-state index in [0.29, 0.717) is 22.4 Å². The molecule has 0 radical (unpaired) electrons. The molecule has 2 aromatic carbocycles. The van der Waals surface area contributed by atoms with Gasteiger partial charge in [0.1, 0.15) is 5.75 Å². The van der Waals surface area contributed by atoms with E-state index in [9.17, 15) is 18.0 Å². The molecule has 6 nitrogen and oxygen atoms in total. The molecule has 1 amide bonds. The molecule has 0 saturated heterocycles. The predicted molar refractivity (Wildman–Crippen MR) is 93.7 cm³/mol. The number of carbonyl (C=O) groups excluding carboxylic acids is 2. The second-order valence-corrected chi connectivity index (χ2v) is 7.59. The molecule has 128 valence electrons. The number of Topliss-reactive ketones (excluding diaryl/α,β-unsaturated/α-hetero) is 1. The summed E-state index contributed by atoms with van der Waals surface area (Å²) in [4.78, 5) is 23.1. The third-order valence-corrected chi connectivity index (χ3v) is 4.87. The van der Waals surface area contributed by atoms with Crippen molar-refractivity contribution in [3.05, 3.63) is 65.2 Å². The molecule has 25 heavy (non-hydrogen) atoms. The zero-order valence-corrected chi connectivity index (χ0v) is 14.3. The normalized spacial score (nSPS) is 10.7. The second kappa shape index (κ2) is 7.73. The van der Waals surface area contributed by atoms with Crippen LogP contribution in [0.5, 0.6) is 0 Å². The number of rotatable bonds is 6. The number of nitrogens with zero attached hydrogens (tertiary/aromatic N) is 1. The molecule has 0 atom stereocenters. The summed E-state index contributed by atoms with van der Waals surface area (Å²) in [6.07, 6.45) is 0. The van der Waals surface area contributed by atoms with Crippen LogP contribution in [0, 0.1) is 11.3 Å². The van der Waals surface area contributed by atoms with Gasteiger partial charge in [0.2, 0.25) is 5.91 Å². The van der Waals surface area contributed by atoms with Crippen LogP contribution in [0.15, 0.2) is 48.5 Å². The van der Waals surface area contributed by atoms with Crippen molar-refractivity contribution in [1.82, 2.24) is 0 Å². The highest BCUT2D eigenvalue weighted by Gasteiger charge is 2.17. The first kappa shape index (κ1) is 18.4. The van der Waals surface area contributed by atoms with E-state index in [1.165, 1.54) is 19.1 Å². The van der Waals surface area contributed by atoms with Crippen LogP contribution >= 0.6 is 0 Å². The lowest BCUT2D eigenvalue weighted by Crippen LogP contribution is -2.24. The highest BCUT2D eigenvalue weighted by Crippen LogP contribution is 2.12. The molecule has 0 heterocycles. The van der Waals surface area contributed by atoms with Crippen molar-refractivity contribution in [3.8, 4) is 6.07 Å². The topological polar surface area (TPSA) is 104 Å².